The molecule has 0 aliphatic heterocycles. The van der Waals surface area contributed by atoms with Crippen LogP contribution in [-0.4, -0.2) is 16.7 Å². The van der Waals surface area contributed by atoms with Crippen molar-refractivity contribution in [3.63, 3.8) is 0 Å². The Morgan fingerprint density at radius 1 is 1.44 bits per heavy atom. The summed E-state index contributed by atoms with van der Waals surface area (Å²) in [5, 5.41) is 11.6. The van der Waals surface area contributed by atoms with Gasteiger partial charge in [-0.15, -0.1) is 0 Å². The third kappa shape index (κ3) is 2.54. The van der Waals surface area contributed by atoms with Crippen LogP contribution in [0.1, 0.15) is 26.7 Å². The second-order valence-electron chi connectivity index (χ2n) is 4.45. The Kier molecular flexibility index (Phi) is 3.44. The zero-order valence-electron chi connectivity index (χ0n) is 9.96. The van der Waals surface area contributed by atoms with Crippen molar-refractivity contribution in [2.45, 2.75) is 26.7 Å². The highest BCUT2D eigenvalue weighted by Crippen LogP contribution is 2.17. The average molecular weight is 217 g/mol. The molecule has 1 aromatic carbocycles. The summed E-state index contributed by atoms with van der Waals surface area (Å²) in [6.45, 7) is 5.55. The van der Waals surface area contributed by atoms with E-state index in [1.807, 2.05) is 6.20 Å². The lowest BCUT2D eigenvalue weighted by Gasteiger charge is -2.12. The maximum absolute atomic E-state index is 4.01. The molecule has 3 heteroatoms. The minimum Gasteiger partial charge on any atom is -0.385 e. The predicted molar refractivity (Wildman–Crippen MR) is 68.7 cm³/mol. The number of fused-ring (bicyclic) bond motifs is 1. The summed E-state index contributed by atoms with van der Waals surface area (Å²) in [5.41, 5.74) is 2.26. The van der Waals surface area contributed by atoms with Gasteiger partial charge in [0.1, 0.15) is 0 Å². The number of rotatable bonds is 5. The monoisotopic (exact) mass is 217 g/mol. The highest BCUT2D eigenvalue weighted by atomic mass is 15.1. The predicted octanol–water partition coefficient (Wildman–Crippen LogP) is 3.41. The fourth-order valence-corrected chi connectivity index (χ4v) is 1.93. The van der Waals surface area contributed by atoms with Gasteiger partial charge in [-0.25, -0.2) is 0 Å². The van der Waals surface area contributed by atoms with Gasteiger partial charge in [-0.2, -0.15) is 5.10 Å². The fraction of sp³-hybridized carbons (Fsp3) is 0.462. The number of nitrogens with zero attached hydrogens (tertiary/aromatic N) is 1. The summed E-state index contributed by atoms with van der Waals surface area (Å²) >= 11 is 0. The maximum Gasteiger partial charge on any atom is 0.0670 e. The number of hydrogen-bond acceptors (Lipinski definition) is 2. The Hall–Kier alpha value is -1.51. The van der Waals surface area contributed by atoms with Gasteiger partial charge in [0.15, 0.2) is 0 Å². The van der Waals surface area contributed by atoms with Gasteiger partial charge in [0.2, 0.25) is 0 Å². The molecule has 0 aliphatic rings. The molecule has 1 atom stereocenters. The van der Waals surface area contributed by atoms with Crippen molar-refractivity contribution in [1.29, 1.82) is 0 Å². The van der Waals surface area contributed by atoms with Gasteiger partial charge < -0.3 is 5.32 Å². The van der Waals surface area contributed by atoms with E-state index < -0.39 is 0 Å². The van der Waals surface area contributed by atoms with Crippen LogP contribution in [0.25, 0.3) is 10.9 Å². The van der Waals surface area contributed by atoms with E-state index >= 15 is 0 Å². The second kappa shape index (κ2) is 5.01. The van der Waals surface area contributed by atoms with Crippen molar-refractivity contribution < 1.29 is 0 Å². The quantitative estimate of drug-likeness (QED) is 0.805. The number of anilines is 1. The first-order chi connectivity index (χ1) is 7.79. The SMILES string of the molecule is CCCC(C)CNc1ccc2cn[nH]c2c1. The molecule has 86 valence electrons. The molecule has 0 bridgehead atoms. The number of H-pyrrole nitrogens is 1. The summed E-state index contributed by atoms with van der Waals surface area (Å²) in [6.07, 6.45) is 4.38. The molecule has 1 aromatic heterocycles. The van der Waals surface area contributed by atoms with Crippen LogP contribution in [0.3, 0.4) is 0 Å². The molecule has 0 amide bonds. The van der Waals surface area contributed by atoms with Crippen molar-refractivity contribution in [3.8, 4) is 0 Å². The zero-order valence-corrected chi connectivity index (χ0v) is 9.96. The Bertz CT molecular complexity index is 447. The molecule has 1 unspecified atom stereocenters. The zero-order chi connectivity index (χ0) is 11.4. The highest BCUT2D eigenvalue weighted by molar-refractivity contribution is 5.81. The van der Waals surface area contributed by atoms with Gasteiger partial charge >= 0.3 is 0 Å². The summed E-state index contributed by atoms with van der Waals surface area (Å²) in [5.74, 6) is 0.725. The molecule has 2 aromatic rings. The molecule has 3 nitrogen and oxygen atoms in total. The second-order valence-corrected chi connectivity index (χ2v) is 4.45. The van der Waals surface area contributed by atoms with Crippen LogP contribution in [0.15, 0.2) is 24.4 Å². The van der Waals surface area contributed by atoms with Gasteiger partial charge in [0.25, 0.3) is 0 Å². The van der Waals surface area contributed by atoms with Crippen LogP contribution in [0.4, 0.5) is 5.69 Å². The van der Waals surface area contributed by atoms with Crippen molar-refractivity contribution in [2.24, 2.45) is 5.92 Å². The van der Waals surface area contributed by atoms with Gasteiger partial charge in [-0.05, 0) is 30.5 Å². The minimum absolute atomic E-state index is 0.725. The molecule has 0 spiro atoms. The lowest BCUT2D eigenvalue weighted by Crippen LogP contribution is -2.10. The van der Waals surface area contributed by atoms with Crippen LogP contribution in [-0.2, 0) is 0 Å². The van der Waals surface area contributed by atoms with Crippen LogP contribution >= 0.6 is 0 Å². The average Bonchev–Trinajstić information content (AvgIpc) is 2.74. The first kappa shape index (κ1) is 11.0. The van der Waals surface area contributed by atoms with Crippen LogP contribution in [0, 0.1) is 5.92 Å². The van der Waals surface area contributed by atoms with E-state index in [9.17, 15) is 0 Å². The van der Waals surface area contributed by atoms with Gasteiger partial charge in [0.05, 0.1) is 11.7 Å². The highest BCUT2D eigenvalue weighted by Gasteiger charge is 2.01. The van der Waals surface area contributed by atoms with E-state index in [1.54, 1.807) is 0 Å². The van der Waals surface area contributed by atoms with Crippen LogP contribution in [0.2, 0.25) is 0 Å². The van der Waals surface area contributed by atoms with E-state index in [1.165, 1.54) is 18.5 Å². The smallest absolute Gasteiger partial charge is 0.0670 e. The lowest BCUT2D eigenvalue weighted by molar-refractivity contribution is 0.551. The van der Waals surface area contributed by atoms with E-state index in [-0.39, 0.29) is 0 Å². The van der Waals surface area contributed by atoms with Gasteiger partial charge in [-0.1, -0.05) is 20.3 Å². The molecule has 0 saturated heterocycles. The molecule has 0 radical (unpaired) electrons. The van der Waals surface area contributed by atoms with Crippen molar-refractivity contribution >= 4 is 16.6 Å². The maximum atomic E-state index is 4.01. The van der Waals surface area contributed by atoms with Crippen molar-refractivity contribution in [3.05, 3.63) is 24.4 Å². The van der Waals surface area contributed by atoms with Crippen LogP contribution < -0.4 is 5.32 Å². The molecular formula is C13H19N3. The summed E-state index contributed by atoms with van der Waals surface area (Å²) in [7, 11) is 0. The van der Waals surface area contributed by atoms with E-state index in [0.29, 0.717) is 0 Å². The number of benzene rings is 1. The van der Waals surface area contributed by atoms with E-state index in [0.717, 1.165) is 23.4 Å². The molecule has 16 heavy (non-hydrogen) atoms. The molecule has 2 N–H and O–H groups in total. The molecule has 0 fully saturated rings. The molecule has 0 saturated carbocycles. The minimum atomic E-state index is 0.725. The third-order valence-electron chi connectivity index (χ3n) is 2.88. The fourth-order valence-electron chi connectivity index (χ4n) is 1.93. The topological polar surface area (TPSA) is 40.7 Å². The summed E-state index contributed by atoms with van der Waals surface area (Å²) in [4.78, 5) is 0. The number of aromatic amines is 1. The number of aromatic nitrogens is 2. The van der Waals surface area contributed by atoms with Crippen LogP contribution in [0.5, 0.6) is 0 Å². The largest absolute Gasteiger partial charge is 0.385 e. The summed E-state index contributed by atoms with van der Waals surface area (Å²) < 4.78 is 0. The third-order valence-corrected chi connectivity index (χ3v) is 2.88. The lowest BCUT2D eigenvalue weighted by atomic mass is 10.1. The first-order valence-corrected chi connectivity index (χ1v) is 5.96. The van der Waals surface area contributed by atoms with E-state index in [2.05, 4.69) is 47.6 Å². The molecule has 1 heterocycles. The van der Waals surface area contributed by atoms with Gasteiger partial charge in [-0.3, -0.25) is 5.10 Å². The molecular weight excluding hydrogens is 198 g/mol. The standard InChI is InChI=1S/C13H19N3/c1-3-4-10(2)8-14-12-6-5-11-9-15-16-13(11)7-12/h5-7,9-10,14H,3-4,8H2,1-2H3,(H,15,16). The molecule has 2 rings (SSSR count). The van der Waals surface area contributed by atoms with Crippen molar-refractivity contribution in [2.75, 3.05) is 11.9 Å². The van der Waals surface area contributed by atoms with Crippen molar-refractivity contribution in [1.82, 2.24) is 10.2 Å². The number of hydrogen-bond donors (Lipinski definition) is 2. The number of nitrogens with one attached hydrogen (secondary N) is 2. The first-order valence-electron chi connectivity index (χ1n) is 5.96. The molecule has 0 aliphatic carbocycles. The summed E-state index contributed by atoms with van der Waals surface area (Å²) in [6, 6.07) is 6.31. The Balaban J connectivity index is 1.98. The Labute approximate surface area is 96.2 Å². The van der Waals surface area contributed by atoms with Gasteiger partial charge in [0, 0.05) is 17.6 Å². The Morgan fingerprint density at radius 2 is 2.31 bits per heavy atom. The normalized spacial score (nSPS) is 12.9. The Morgan fingerprint density at radius 3 is 3.12 bits per heavy atom. The van der Waals surface area contributed by atoms with E-state index in [4.69, 9.17) is 0 Å².